The monoisotopic (exact) mass is 503 g/mol. The molecule has 2 heterocycles. The largest absolute Gasteiger partial charge is 0.480 e. The van der Waals surface area contributed by atoms with Crippen molar-refractivity contribution in [2.24, 2.45) is 4.99 Å². The predicted octanol–water partition coefficient (Wildman–Crippen LogP) is 1.91. The van der Waals surface area contributed by atoms with Crippen LogP contribution in [0.3, 0.4) is 0 Å². The van der Waals surface area contributed by atoms with E-state index in [-0.39, 0.29) is 6.54 Å². The van der Waals surface area contributed by atoms with Gasteiger partial charge in [0, 0.05) is 52.4 Å². The quantitative estimate of drug-likeness (QED) is 0.407. The van der Waals surface area contributed by atoms with Gasteiger partial charge in [-0.1, -0.05) is 12.1 Å². The molecule has 0 aliphatic carbocycles. The van der Waals surface area contributed by atoms with E-state index in [0.29, 0.717) is 12.8 Å². The second kappa shape index (κ2) is 14.4. The molecule has 35 heavy (non-hydrogen) atoms. The third-order valence-corrected chi connectivity index (χ3v) is 7.03. The highest BCUT2D eigenvalue weighted by atomic mass is 32.1. The molecule has 2 saturated heterocycles. The molecule has 0 aromatic heterocycles. The number of hydrogen-bond donors (Lipinski definition) is 2. The first-order chi connectivity index (χ1) is 16.9. The van der Waals surface area contributed by atoms with Crippen LogP contribution in [0.1, 0.15) is 24.8 Å². The van der Waals surface area contributed by atoms with Gasteiger partial charge in [0.2, 0.25) is 0 Å². The van der Waals surface area contributed by atoms with Gasteiger partial charge in [0.25, 0.3) is 0 Å². The Morgan fingerprint density at radius 2 is 1.51 bits per heavy atom. The van der Waals surface area contributed by atoms with E-state index in [0.717, 1.165) is 89.5 Å². The Labute approximate surface area is 213 Å². The molecule has 2 fully saturated rings. The Balaban J connectivity index is 1.63. The van der Waals surface area contributed by atoms with Gasteiger partial charge >= 0.3 is 11.9 Å². The number of aliphatic carboxylic acids is 2. The molecule has 3 atom stereocenters. The number of rotatable bonds is 8. The summed E-state index contributed by atoms with van der Waals surface area (Å²) < 4.78 is 0. The van der Waals surface area contributed by atoms with Crippen LogP contribution in [0, 0.1) is 0 Å². The summed E-state index contributed by atoms with van der Waals surface area (Å²) in [5.41, 5.74) is 1.83. The number of carboxylic acids is 2. The van der Waals surface area contributed by atoms with Crippen molar-refractivity contribution in [3.63, 3.8) is 0 Å². The summed E-state index contributed by atoms with van der Waals surface area (Å²) in [5.74, 6) is -1.54. The van der Waals surface area contributed by atoms with Crippen LogP contribution in [-0.2, 0) is 16.0 Å². The van der Waals surface area contributed by atoms with Crippen molar-refractivity contribution in [1.82, 2.24) is 19.6 Å². The van der Waals surface area contributed by atoms with Crippen molar-refractivity contribution in [3.8, 4) is 0 Å². The van der Waals surface area contributed by atoms with Crippen LogP contribution in [0.15, 0.2) is 29.3 Å². The van der Waals surface area contributed by atoms with Gasteiger partial charge in [0.1, 0.15) is 6.04 Å². The lowest BCUT2D eigenvalue weighted by atomic mass is 10.0. The van der Waals surface area contributed by atoms with Gasteiger partial charge in [-0.2, -0.15) is 4.99 Å². The smallest absolute Gasteiger partial charge is 0.320 e. The third-order valence-electron chi connectivity index (χ3n) is 6.94. The SMILES string of the molecule is O=C(O)CN1CCCN2CCN(CCCN(C(CCc3ccc(N=C=S)cc3)C(=O)O)CC2)CC1. The fraction of sp³-hybridized carbons (Fsp3) is 0.640. The van der Waals surface area contributed by atoms with E-state index in [2.05, 4.69) is 37.1 Å². The van der Waals surface area contributed by atoms with Gasteiger partial charge in [-0.15, -0.1) is 0 Å². The third kappa shape index (κ3) is 9.40. The van der Waals surface area contributed by atoms with Crippen molar-refractivity contribution in [3.05, 3.63) is 29.8 Å². The van der Waals surface area contributed by atoms with Crippen LogP contribution in [0.4, 0.5) is 5.69 Å². The van der Waals surface area contributed by atoms with Crippen LogP contribution in [0.2, 0.25) is 0 Å². The van der Waals surface area contributed by atoms with Gasteiger partial charge in [-0.05, 0) is 68.7 Å². The van der Waals surface area contributed by atoms with Gasteiger partial charge in [-0.25, -0.2) is 0 Å². The Morgan fingerprint density at radius 1 is 0.886 bits per heavy atom. The maximum atomic E-state index is 12.3. The fourth-order valence-corrected chi connectivity index (χ4v) is 5.07. The van der Waals surface area contributed by atoms with Crippen molar-refractivity contribution in [1.29, 1.82) is 0 Å². The summed E-state index contributed by atoms with van der Waals surface area (Å²) in [6.45, 7) is 8.44. The summed E-state index contributed by atoms with van der Waals surface area (Å²) >= 11 is 4.64. The minimum Gasteiger partial charge on any atom is -0.480 e. The highest BCUT2D eigenvalue weighted by molar-refractivity contribution is 7.78. The number of aliphatic imine (C=N–C) groups is 1. The highest BCUT2D eigenvalue weighted by Gasteiger charge is 2.27. The first-order valence-electron chi connectivity index (χ1n) is 12.5. The highest BCUT2D eigenvalue weighted by Crippen LogP contribution is 2.17. The van der Waals surface area contributed by atoms with E-state index in [1.807, 2.05) is 29.2 Å². The zero-order valence-corrected chi connectivity index (χ0v) is 21.2. The van der Waals surface area contributed by atoms with E-state index in [1.54, 1.807) is 0 Å². The number of thiocarbonyl (C=S) groups is 1. The Hall–Kier alpha value is -2.20. The van der Waals surface area contributed by atoms with Crippen molar-refractivity contribution >= 4 is 35.0 Å². The molecule has 192 valence electrons. The number of carboxylic acid groups (broad SMARTS) is 2. The summed E-state index contributed by atoms with van der Waals surface area (Å²) in [6.07, 6.45) is 3.05. The average Bonchev–Trinajstić information content (AvgIpc) is 2.83. The molecule has 2 N–H and O–H groups in total. The molecule has 9 nitrogen and oxygen atoms in total. The number of benzene rings is 1. The first kappa shape index (κ1) is 27.4. The maximum absolute atomic E-state index is 12.3. The zero-order chi connectivity index (χ0) is 25.0. The molecule has 2 bridgehead atoms. The van der Waals surface area contributed by atoms with Crippen LogP contribution in [0.5, 0.6) is 0 Å². The van der Waals surface area contributed by atoms with Gasteiger partial charge in [-0.3, -0.25) is 19.4 Å². The van der Waals surface area contributed by atoms with Crippen molar-refractivity contribution in [2.45, 2.75) is 31.7 Å². The Kier molecular flexibility index (Phi) is 11.3. The van der Waals surface area contributed by atoms with Gasteiger partial charge < -0.3 is 20.0 Å². The number of nitrogens with zero attached hydrogens (tertiary/aromatic N) is 5. The lowest BCUT2D eigenvalue weighted by molar-refractivity contribution is -0.144. The maximum Gasteiger partial charge on any atom is 0.320 e. The molecule has 0 spiro atoms. The normalized spacial score (nSPS) is 23.7. The standard InChI is InChI=1S/C25H37N5O4S/c31-24(32)19-29-11-1-9-28-14-13-27(15-16-29)10-2-12-30(18-17-28)23(25(33)34)8-5-21-3-6-22(7-4-21)26-20-35/h3-4,6-7,23H,1-2,5,8-19H2,(H,31,32)(H,33,34). The summed E-state index contributed by atoms with van der Waals surface area (Å²) in [4.78, 5) is 36.4. The van der Waals surface area contributed by atoms with Gasteiger partial charge in [0.15, 0.2) is 0 Å². The minimum absolute atomic E-state index is 0.0875. The number of hydrogen-bond acceptors (Lipinski definition) is 8. The summed E-state index contributed by atoms with van der Waals surface area (Å²) in [6, 6.07) is 7.17. The molecule has 0 saturated carbocycles. The number of fused-ring (bicyclic) bond motifs is 3. The molecule has 2 aliphatic rings. The lowest BCUT2D eigenvalue weighted by Gasteiger charge is -2.37. The van der Waals surface area contributed by atoms with Gasteiger partial charge in [0.05, 0.1) is 17.4 Å². The van der Waals surface area contributed by atoms with E-state index in [1.165, 1.54) is 0 Å². The molecule has 0 amide bonds. The zero-order valence-electron chi connectivity index (χ0n) is 20.3. The van der Waals surface area contributed by atoms with Crippen LogP contribution in [-0.4, -0.2) is 125 Å². The summed E-state index contributed by atoms with van der Waals surface area (Å²) in [5, 5.41) is 21.6. The van der Waals surface area contributed by atoms with Crippen molar-refractivity contribution < 1.29 is 19.8 Å². The number of aryl methyl sites for hydroxylation is 1. The number of isothiocyanates is 1. The molecule has 0 radical (unpaired) electrons. The van der Waals surface area contributed by atoms with Crippen LogP contribution >= 0.6 is 12.2 Å². The minimum atomic E-state index is -0.777. The van der Waals surface area contributed by atoms with Crippen LogP contribution < -0.4 is 0 Å². The first-order valence-corrected chi connectivity index (χ1v) is 12.9. The molecule has 1 aromatic carbocycles. The summed E-state index contributed by atoms with van der Waals surface area (Å²) in [7, 11) is 0. The molecule has 1 aromatic rings. The second-order valence-corrected chi connectivity index (χ2v) is 9.54. The van der Waals surface area contributed by atoms with E-state index < -0.39 is 18.0 Å². The average molecular weight is 504 g/mol. The van der Waals surface area contributed by atoms with Crippen LogP contribution in [0.25, 0.3) is 0 Å². The molecule has 3 unspecified atom stereocenters. The fourth-order valence-electron chi connectivity index (χ4n) is 4.96. The Morgan fingerprint density at radius 3 is 2.14 bits per heavy atom. The van der Waals surface area contributed by atoms with E-state index in [9.17, 15) is 19.8 Å². The van der Waals surface area contributed by atoms with Crippen molar-refractivity contribution in [2.75, 3.05) is 72.0 Å². The molecular formula is C25H37N5O4S. The molecule has 10 heteroatoms. The van der Waals surface area contributed by atoms with E-state index >= 15 is 0 Å². The topological polar surface area (TPSA) is 99.9 Å². The van der Waals surface area contributed by atoms with E-state index in [4.69, 9.17) is 0 Å². The second-order valence-electron chi connectivity index (χ2n) is 9.36. The molecular weight excluding hydrogens is 466 g/mol. The Bertz CT molecular complexity index is 877. The predicted molar refractivity (Wildman–Crippen MR) is 139 cm³/mol. The lowest BCUT2D eigenvalue weighted by Crippen LogP contribution is -2.50. The molecule has 2 aliphatic heterocycles. The molecule has 3 rings (SSSR count). The number of carbonyl (C=O) groups is 2.